The summed E-state index contributed by atoms with van der Waals surface area (Å²) in [5.41, 5.74) is -1.55. The van der Waals surface area contributed by atoms with Gasteiger partial charge in [0.2, 0.25) is 5.96 Å². The Hall–Kier alpha value is -4.12. The zero-order valence-electron chi connectivity index (χ0n) is 27.7. The van der Waals surface area contributed by atoms with E-state index in [4.69, 9.17) is 47.6 Å². The van der Waals surface area contributed by atoms with Crippen molar-refractivity contribution < 1.29 is 57.0 Å². The Labute approximate surface area is 282 Å². The van der Waals surface area contributed by atoms with Crippen molar-refractivity contribution in [3.05, 3.63) is 71.8 Å². The number of nitrogens with one attached hydrogen (secondary N) is 2. The number of aliphatic imine (C=N–C) groups is 1. The van der Waals surface area contributed by atoms with Gasteiger partial charge in [0.15, 0.2) is 29.6 Å². The summed E-state index contributed by atoms with van der Waals surface area (Å²) in [6.07, 6.45) is -7.32. The van der Waals surface area contributed by atoms with E-state index in [0.29, 0.717) is 0 Å². The molecule has 1 saturated carbocycles. The lowest BCUT2D eigenvalue weighted by atomic mass is 9.59. The third-order valence-electron chi connectivity index (χ3n) is 9.30. The third-order valence-corrected chi connectivity index (χ3v) is 9.30. The summed E-state index contributed by atoms with van der Waals surface area (Å²) < 4.78 is 54.5. The average Bonchev–Trinajstić information content (AvgIpc) is 3.67. The maximum Gasteiger partial charge on any atom is 0.414 e. The van der Waals surface area contributed by atoms with E-state index in [1.54, 1.807) is 52.0 Å². The van der Waals surface area contributed by atoms with Crippen LogP contribution in [0.15, 0.2) is 65.7 Å². The highest BCUT2D eigenvalue weighted by atomic mass is 16.8. The number of methoxy groups -OCH3 is 1. The predicted molar refractivity (Wildman–Crippen MR) is 166 cm³/mol. The van der Waals surface area contributed by atoms with Crippen LogP contribution >= 0.6 is 0 Å². The molecule has 15 nitrogen and oxygen atoms in total. The van der Waals surface area contributed by atoms with Crippen molar-refractivity contribution in [1.82, 2.24) is 10.6 Å². The average molecular weight is 682 g/mol. The number of rotatable bonds is 6. The topological polar surface area (TPSA) is 171 Å². The summed E-state index contributed by atoms with van der Waals surface area (Å²) in [4.78, 5) is 45.2. The lowest BCUT2D eigenvalue weighted by molar-refractivity contribution is -0.272. The number of benzene rings is 2. The number of hydrogen-bond acceptors (Lipinski definition) is 13. The quantitative estimate of drug-likeness (QED) is 0.198. The van der Waals surface area contributed by atoms with Crippen molar-refractivity contribution in [2.45, 2.75) is 94.3 Å². The van der Waals surface area contributed by atoms with Gasteiger partial charge in [-0.1, -0.05) is 60.7 Å². The second-order valence-electron chi connectivity index (χ2n) is 13.4. The van der Waals surface area contributed by atoms with Crippen molar-refractivity contribution in [3.63, 3.8) is 0 Å². The van der Waals surface area contributed by atoms with E-state index < -0.39 is 77.5 Å². The molecule has 1 spiro atoms. The highest BCUT2D eigenvalue weighted by molar-refractivity contribution is 6.01. The van der Waals surface area contributed by atoms with Crippen LogP contribution in [-0.2, 0) is 60.6 Å². The van der Waals surface area contributed by atoms with Crippen LogP contribution in [0.4, 0.5) is 9.59 Å². The minimum atomic E-state index is -1.67. The maximum atomic E-state index is 13.8. The predicted octanol–water partition coefficient (Wildman–Crippen LogP) is 2.90. The zero-order valence-corrected chi connectivity index (χ0v) is 27.7. The number of nitrogens with zero attached hydrogens (tertiary/aromatic N) is 1. The summed E-state index contributed by atoms with van der Waals surface area (Å²) >= 11 is 0. The molecule has 5 fully saturated rings. The second kappa shape index (κ2) is 12.3. The molecule has 4 heterocycles. The van der Waals surface area contributed by atoms with Gasteiger partial charge in [0, 0.05) is 7.11 Å². The van der Waals surface area contributed by atoms with Crippen LogP contribution < -0.4 is 10.6 Å². The molecular weight excluding hydrogens is 642 g/mol. The van der Waals surface area contributed by atoms with E-state index in [9.17, 15) is 14.4 Å². The van der Waals surface area contributed by atoms with Crippen LogP contribution in [-0.4, -0.2) is 91.3 Å². The number of ether oxygens (including phenoxy) is 9. The van der Waals surface area contributed by atoms with Crippen molar-refractivity contribution in [1.29, 1.82) is 0 Å². The fourth-order valence-corrected chi connectivity index (χ4v) is 7.45. The third kappa shape index (κ3) is 5.93. The molecule has 7 unspecified atom stereocenters. The lowest BCUT2D eigenvalue weighted by Gasteiger charge is -2.56. The van der Waals surface area contributed by atoms with Gasteiger partial charge in [0.1, 0.15) is 37.1 Å². The largest absolute Gasteiger partial charge is 0.456 e. The molecule has 2 aromatic carbocycles. The van der Waals surface area contributed by atoms with E-state index in [1.807, 2.05) is 36.4 Å². The van der Waals surface area contributed by atoms with Gasteiger partial charge in [0.25, 0.3) is 0 Å². The van der Waals surface area contributed by atoms with Crippen molar-refractivity contribution in [3.8, 4) is 0 Å². The molecule has 15 heteroatoms. The molecule has 1 aliphatic carbocycles. The first-order valence-corrected chi connectivity index (χ1v) is 16.0. The normalized spacial score (nSPS) is 34.4. The first kappa shape index (κ1) is 33.4. The molecule has 8 atom stereocenters. The molecule has 262 valence electrons. The van der Waals surface area contributed by atoms with Gasteiger partial charge in [-0.3, -0.25) is 10.6 Å². The Bertz CT molecular complexity index is 1560. The number of guanidine groups is 1. The summed E-state index contributed by atoms with van der Waals surface area (Å²) in [5, 5.41) is 5.06. The highest BCUT2D eigenvalue weighted by Crippen LogP contribution is 2.62. The summed E-state index contributed by atoms with van der Waals surface area (Å²) in [6.45, 7) is 6.81. The molecule has 7 rings (SSSR count). The number of carbonyl (C=O) groups is 3. The summed E-state index contributed by atoms with van der Waals surface area (Å²) in [7, 11) is 1.43. The zero-order chi connectivity index (χ0) is 34.6. The molecule has 4 aliphatic heterocycles. The fourth-order valence-electron chi connectivity index (χ4n) is 7.45. The van der Waals surface area contributed by atoms with Gasteiger partial charge in [-0.15, -0.1) is 0 Å². The van der Waals surface area contributed by atoms with Gasteiger partial charge in [-0.05, 0) is 38.8 Å². The van der Waals surface area contributed by atoms with E-state index in [-0.39, 0.29) is 25.8 Å². The molecule has 4 bridgehead atoms. The second-order valence-corrected chi connectivity index (χ2v) is 13.4. The summed E-state index contributed by atoms with van der Waals surface area (Å²) in [5.74, 6) is -4.27. The Morgan fingerprint density at radius 3 is 1.94 bits per heavy atom. The van der Waals surface area contributed by atoms with Crippen LogP contribution in [0.1, 0.15) is 38.8 Å². The van der Waals surface area contributed by atoms with Crippen molar-refractivity contribution in [2.24, 2.45) is 10.9 Å². The monoisotopic (exact) mass is 681 g/mol. The maximum absolute atomic E-state index is 13.8. The molecule has 49 heavy (non-hydrogen) atoms. The van der Waals surface area contributed by atoms with Gasteiger partial charge >= 0.3 is 18.2 Å². The first-order valence-electron chi connectivity index (χ1n) is 16.0. The minimum absolute atomic E-state index is 0.00305. The van der Waals surface area contributed by atoms with Crippen LogP contribution in [0.5, 0.6) is 0 Å². The number of esters is 1. The molecule has 4 saturated heterocycles. The van der Waals surface area contributed by atoms with Gasteiger partial charge in [-0.2, -0.15) is 0 Å². The van der Waals surface area contributed by atoms with Gasteiger partial charge < -0.3 is 42.6 Å². The van der Waals surface area contributed by atoms with E-state index in [1.165, 1.54) is 7.11 Å². The van der Waals surface area contributed by atoms with Crippen LogP contribution in [0.2, 0.25) is 0 Å². The Balaban J connectivity index is 1.28. The standard InChI is InChI=1S/C34H39N3O12/c1-31(2)44-18-33(49-31)22-21-27(41-5)46-25(26(38)45-22)34(21,24-23(33)47-32(3,4)48-24)37-28(35-29(39)42-16-19-12-8-6-9-13-19)36-30(40)43-17-20-14-10-7-11-15-20/h6-15,21-25,27H,16-18H2,1-5H3,(H2,35,36,37,39,40)/t21?,22?,23?,24?,25?,27-,33?,34?/m0/s1. The molecular formula is C34H39N3O12. The SMILES string of the molecule is CO[C@H]1OC2C(=O)OC3C1C2(N=C(NC(=O)OCc1ccccc1)NC(=O)OCc1ccccc1)C1OC(C)(C)OC1C31COC(C)(C)O1. The molecule has 2 amide bonds. The minimum Gasteiger partial charge on any atom is -0.456 e. The number of amides is 2. The number of fused-ring (bicyclic) bond motifs is 3. The Morgan fingerprint density at radius 2 is 1.41 bits per heavy atom. The Morgan fingerprint density at radius 1 is 0.837 bits per heavy atom. The number of alkyl carbamates (subject to hydrolysis) is 2. The molecule has 5 aliphatic rings. The highest BCUT2D eigenvalue weighted by Gasteiger charge is 2.84. The lowest BCUT2D eigenvalue weighted by Crippen LogP contribution is -2.79. The van der Waals surface area contributed by atoms with Crippen LogP contribution in [0, 0.1) is 5.92 Å². The van der Waals surface area contributed by atoms with Crippen molar-refractivity contribution in [2.75, 3.05) is 13.7 Å². The van der Waals surface area contributed by atoms with Crippen LogP contribution in [0.25, 0.3) is 0 Å². The fraction of sp³-hybridized carbons (Fsp3) is 0.529. The van der Waals surface area contributed by atoms with Gasteiger partial charge in [-0.25, -0.2) is 19.4 Å². The first-order chi connectivity index (χ1) is 23.4. The van der Waals surface area contributed by atoms with E-state index >= 15 is 0 Å². The van der Waals surface area contributed by atoms with E-state index in [2.05, 4.69) is 10.6 Å². The number of carbonyl (C=O) groups excluding carboxylic acids is 3. The molecule has 2 N–H and O–H groups in total. The number of hydrogen-bond donors (Lipinski definition) is 2. The van der Waals surface area contributed by atoms with Crippen LogP contribution in [0.3, 0.4) is 0 Å². The van der Waals surface area contributed by atoms with E-state index in [0.717, 1.165) is 11.1 Å². The smallest absolute Gasteiger partial charge is 0.414 e. The molecule has 0 radical (unpaired) electrons. The Kier molecular flexibility index (Phi) is 8.40. The molecule has 0 aromatic heterocycles. The van der Waals surface area contributed by atoms with Gasteiger partial charge in [0.05, 0.1) is 12.5 Å². The molecule has 2 aromatic rings. The summed E-state index contributed by atoms with van der Waals surface area (Å²) in [6, 6.07) is 18.1. The van der Waals surface area contributed by atoms with Crippen molar-refractivity contribution >= 4 is 24.1 Å².